The molecule has 0 fully saturated rings. The number of Topliss-reactive ketones (excluding diaryl/α,β-unsaturated/α-hetero) is 1. The number of rotatable bonds is 6. The Hall–Kier alpha value is -3.07. The highest BCUT2D eigenvalue weighted by Crippen LogP contribution is 2.36. The maximum Gasteiger partial charge on any atom is 0.411 e. The van der Waals surface area contributed by atoms with Gasteiger partial charge in [-0.2, -0.15) is 0 Å². The van der Waals surface area contributed by atoms with Gasteiger partial charge in [0.2, 0.25) is 0 Å². The number of anilines is 1. The number of fused-ring (bicyclic) bond motifs is 1. The molecule has 0 saturated heterocycles. The Morgan fingerprint density at radius 2 is 1.88 bits per heavy atom. The molecule has 0 atom stereocenters. The van der Waals surface area contributed by atoms with Crippen LogP contribution in [0.1, 0.15) is 60.3 Å². The van der Waals surface area contributed by atoms with Gasteiger partial charge in [0.05, 0.1) is 25.9 Å². The predicted octanol–water partition coefficient (Wildman–Crippen LogP) is 5.18. The second-order valence-corrected chi connectivity index (χ2v) is 9.12. The summed E-state index contributed by atoms with van der Waals surface area (Å²) in [5.41, 5.74) is 3.40. The van der Waals surface area contributed by atoms with Crippen molar-refractivity contribution in [1.29, 1.82) is 5.41 Å². The fourth-order valence-corrected chi connectivity index (χ4v) is 3.87. The van der Waals surface area contributed by atoms with Crippen LogP contribution in [-0.2, 0) is 16.7 Å². The number of ether oxygens (including phenoxy) is 2. The van der Waals surface area contributed by atoms with Crippen LogP contribution in [0.5, 0.6) is 11.5 Å². The van der Waals surface area contributed by atoms with Crippen molar-refractivity contribution in [3.05, 3.63) is 52.1 Å². The molecule has 0 saturated carbocycles. The van der Waals surface area contributed by atoms with E-state index in [0.29, 0.717) is 46.8 Å². The number of benzene rings is 2. The Bertz CT molecular complexity index is 1120. The number of hydrogen-bond donors (Lipinski definition) is 3. The molecule has 1 heterocycles. The lowest BCUT2D eigenvalue weighted by Gasteiger charge is -2.23. The third kappa shape index (κ3) is 5.52. The molecule has 0 bridgehead atoms. The molecule has 8 nitrogen and oxygen atoms in total. The summed E-state index contributed by atoms with van der Waals surface area (Å²) in [5, 5.41) is 21.7. The first kappa shape index (κ1) is 27.2. The van der Waals surface area contributed by atoms with E-state index in [-0.39, 0.29) is 46.3 Å². The third-order valence-electron chi connectivity index (χ3n) is 5.62. The van der Waals surface area contributed by atoms with Gasteiger partial charge in [0, 0.05) is 23.2 Å². The van der Waals surface area contributed by atoms with E-state index in [0.717, 1.165) is 5.56 Å². The number of aryl methyl sites for hydroxylation is 1. The van der Waals surface area contributed by atoms with Crippen molar-refractivity contribution in [3.8, 4) is 11.5 Å². The standard InChI is InChI=1S/C25H31N3O5.BrH/c1-7-33-21-10-16-12-28(23(26)17(16)11-19(21)27-24(31)32-6)13-20(29)15-8-14(2)22(30)18(9-15)25(3,4)5;/h8-11,26,30H,7,12-13H2,1-6H3,(H,27,31);1H. The molecule has 2 aromatic rings. The van der Waals surface area contributed by atoms with Gasteiger partial charge < -0.3 is 19.5 Å². The van der Waals surface area contributed by atoms with E-state index in [1.807, 2.05) is 27.7 Å². The molecule has 9 heteroatoms. The highest BCUT2D eigenvalue weighted by atomic mass is 79.9. The zero-order chi connectivity index (χ0) is 24.5. The van der Waals surface area contributed by atoms with Crippen molar-refractivity contribution >= 4 is 40.4 Å². The number of halogens is 1. The van der Waals surface area contributed by atoms with Crippen LogP contribution < -0.4 is 10.1 Å². The van der Waals surface area contributed by atoms with Gasteiger partial charge in [-0.1, -0.05) is 20.8 Å². The van der Waals surface area contributed by atoms with Gasteiger partial charge in [0.15, 0.2) is 5.78 Å². The Labute approximate surface area is 210 Å². The lowest BCUT2D eigenvalue weighted by molar-refractivity contribution is 0.0962. The number of amidine groups is 1. The van der Waals surface area contributed by atoms with Gasteiger partial charge in [-0.25, -0.2) is 4.79 Å². The first-order chi connectivity index (χ1) is 15.5. The molecular weight excluding hydrogens is 502 g/mol. The van der Waals surface area contributed by atoms with E-state index < -0.39 is 6.09 Å². The number of hydrogen-bond acceptors (Lipinski definition) is 6. The van der Waals surface area contributed by atoms with E-state index in [2.05, 4.69) is 10.1 Å². The quantitative estimate of drug-likeness (QED) is 0.441. The average molecular weight is 534 g/mol. The normalized spacial score (nSPS) is 12.6. The minimum Gasteiger partial charge on any atom is -0.507 e. The minimum atomic E-state index is -0.634. The van der Waals surface area contributed by atoms with Gasteiger partial charge in [0.25, 0.3) is 0 Å². The van der Waals surface area contributed by atoms with E-state index >= 15 is 0 Å². The fourth-order valence-electron chi connectivity index (χ4n) is 3.87. The number of carbonyl (C=O) groups is 2. The number of amides is 1. The number of methoxy groups -OCH3 is 1. The molecule has 1 amide bonds. The Morgan fingerprint density at radius 1 is 1.21 bits per heavy atom. The number of nitrogens with zero attached hydrogens (tertiary/aromatic N) is 1. The summed E-state index contributed by atoms with van der Waals surface area (Å²) < 4.78 is 10.3. The lowest BCUT2D eigenvalue weighted by Crippen LogP contribution is -2.30. The van der Waals surface area contributed by atoms with Crippen LogP contribution >= 0.6 is 17.0 Å². The number of phenolic OH excluding ortho intramolecular Hbond substituents is 1. The molecule has 1 aliphatic heterocycles. The number of carbonyl (C=O) groups excluding carboxylic acids is 2. The molecule has 34 heavy (non-hydrogen) atoms. The van der Waals surface area contributed by atoms with Crippen LogP contribution in [-0.4, -0.2) is 48.0 Å². The Kier molecular flexibility index (Phi) is 8.36. The largest absolute Gasteiger partial charge is 0.507 e. The van der Waals surface area contributed by atoms with Gasteiger partial charge in [-0.15, -0.1) is 17.0 Å². The minimum absolute atomic E-state index is 0. The van der Waals surface area contributed by atoms with E-state index in [9.17, 15) is 14.7 Å². The lowest BCUT2D eigenvalue weighted by atomic mass is 9.83. The van der Waals surface area contributed by atoms with Crippen molar-refractivity contribution < 1.29 is 24.2 Å². The molecular formula is C25H32BrN3O5. The molecule has 184 valence electrons. The SMILES string of the molecule is Br.CCOc1cc2c(cc1NC(=O)OC)C(=N)N(CC(=O)c1cc(C)c(O)c(C(C)(C)C)c1)C2. The summed E-state index contributed by atoms with van der Waals surface area (Å²) >= 11 is 0. The molecule has 3 rings (SSSR count). The molecule has 0 aromatic heterocycles. The second-order valence-electron chi connectivity index (χ2n) is 9.12. The summed E-state index contributed by atoms with van der Waals surface area (Å²) in [6.07, 6.45) is -0.634. The zero-order valence-electron chi connectivity index (χ0n) is 20.4. The van der Waals surface area contributed by atoms with E-state index in [4.69, 9.17) is 10.1 Å². The monoisotopic (exact) mass is 533 g/mol. The molecule has 0 unspecified atom stereocenters. The molecule has 1 aliphatic rings. The average Bonchev–Trinajstić information content (AvgIpc) is 3.03. The fraction of sp³-hybridized carbons (Fsp3) is 0.400. The van der Waals surface area contributed by atoms with Gasteiger partial charge in [0.1, 0.15) is 17.3 Å². The van der Waals surface area contributed by atoms with Gasteiger partial charge >= 0.3 is 6.09 Å². The third-order valence-corrected chi connectivity index (χ3v) is 5.62. The van der Waals surface area contributed by atoms with Crippen LogP contribution in [0.15, 0.2) is 24.3 Å². The maximum atomic E-state index is 13.1. The molecule has 0 aliphatic carbocycles. The van der Waals surface area contributed by atoms with Crippen LogP contribution in [0.3, 0.4) is 0 Å². The van der Waals surface area contributed by atoms with Crippen molar-refractivity contribution in [2.45, 2.75) is 46.6 Å². The highest BCUT2D eigenvalue weighted by molar-refractivity contribution is 8.93. The molecule has 3 N–H and O–H groups in total. The number of phenols is 1. The topological polar surface area (TPSA) is 112 Å². The van der Waals surface area contributed by atoms with Crippen LogP contribution in [0.25, 0.3) is 0 Å². The van der Waals surface area contributed by atoms with Gasteiger partial charge in [-0.05, 0) is 54.7 Å². The highest BCUT2D eigenvalue weighted by Gasteiger charge is 2.29. The summed E-state index contributed by atoms with van der Waals surface area (Å²) in [4.78, 5) is 26.5. The van der Waals surface area contributed by atoms with E-state index in [1.54, 1.807) is 36.1 Å². The van der Waals surface area contributed by atoms with Crippen LogP contribution in [0.4, 0.5) is 10.5 Å². The number of aromatic hydroxyl groups is 1. The van der Waals surface area contributed by atoms with Crippen LogP contribution in [0.2, 0.25) is 0 Å². The van der Waals surface area contributed by atoms with Crippen molar-refractivity contribution in [2.75, 3.05) is 25.6 Å². The smallest absolute Gasteiger partial charge is 0.411 e. The summed E-state index contributed by atoms with van der Waals surface area (Å²) in [6.45, 7) is 10.4. The second kappa shape index (κ2) is 10.5. The molecule has 2 aromatic carbocycles. The first-order valence-corrected chi connectivity index (χ1v) is 10.8. The Morgan fingerprint density at radius 3 is 2.47 bits per heavy atom. The maximum absolute atomic E-state index is 13.1. The van der Waals surface area contributed by atoms with Crippen LogP contribution in [0, 0.1) is 12.3 Å². The van der Waals surface area contributed by atoms with Crippen molar-refractivity contribution in [3.63, 3.8) is 0 Å². The predicted molar refractivity (Wildman–Crippen MR) is 137 cm³/mol. The summed E-state index contributed by atoms with van der Waals surface area (Å²) in [6, 6.07) is 6.88. The first-order valence-electron chi connectivity index (χ1n) is 10.8. The zero-order valence-corrected chi connectivity index (χ0v) is 22.1. The summed E-state index contributed by atoms with van der Waals surface area (Å²) in [5.74, 6) is 0.737. The van der Waals surface area contributed by atoms with E-state index in [1.165, 1.54) is 7.11 Å². The van der Waals surface area contributed by atoms with Gasteiger partial charge in [-0.3, -0.25) is 15.5 Å². The summed E-state index contributed by atoms with van der Waals surface area (Å²) in [7, 11) is 1.27. The number of nitrogens with one attached hydrogen (secondary N) is 2. The van der Waals surface area contributed by atoms with Crippen molar-refractivity contribution in [2.24, 2.45) is 0 Å². The Balaban J connectivity index is 0.00000408. The molecule has 0 spiro atoms. The van der Waals surface area contributed by atoms with Crippen molar-refractivity contribution in [1.82, 2.24) is 4.90 Å². The number of ketones is 1. The molecule has 0 radical (unpaired) electrons.